The third-order valence-corrected chi connectivity index (χ3v) is 3.51. The molecule has 1 amide bonds. The first kappa shape index (κ1) is 13.4. The van der Waals surface area contributed by atoms with Crippen molar-refractivity contribution in [2.75, 3.05) is 31.1 Å². The van der Waals surface area contributed by atoms with Gasteiger partial charge in [0, 0.05) is 38.8 Å². The Labute approximate surface area is 112 Å². The molecule has 0 radical (unpaired) electrons. The van der Waals surface area contributed by atoms with Gasteiger partial charge in [-0.3, -0.25) is 4.79 Å². The number of carbonyl (C=O) groups excluding carboxylic acids is 1. The Morgan fingerprint density at radius 2 is 1.79 bits per heavy atom. The van der Waals surface area contributed by atoms with Crippen molar-refractivity contribution in [3.05, 3.63) is 29.3 Å². The van der Waals surface area contributed by atoms with Gasteiger partial charge in [-0.15, -0.1) is 0 Å². The van der Waals surface area contributed by atoms with Crippen LogP contribution in [0.15, 0.2) is 18.2 Å². The summed E-state index contributed by atoms with van der Waals surface area (Å²) < 4.78 is 0. The van der Waals surface area contributed by atoms with Gasteiger partial charge in [0.1, 0.15) is 0 Å². The van der Waals surface area contributed by atoms with Crippen LogP contribution in [0.25, 0.3) is 0 Å². The second-order valence-corrected chi connectivity index (χ2v) is 4.80. The summed E-state index contributed by atoms with van der Waals surface area (Å²) in [4.78, 5) is 26.2. The van der Waals surface area contributed by atoms with Crippen LogP contribution in [0.3, 0.4) is 0 Å². The zero-order valence-electron chi connectivity index (χ0n) is 11.2. The van der Waals surface area contributed by atoms with Crippen molar-refractivity contribution < 1.29 is 14.7 Å². The smallest absolute Gasteiger partial charge is 0.335 e. The van der Waals surface area contributed by atoms with Crippen LogP contribution in [0.1, 0.15) is 22.8 Å². The Bertz CT molecular complexity index is 505. The van der Waals surface area contributed by atoms with E-state index in [1.807, 2.05) is 17.9 Å². The average molecular weight is 262 g/mol. The van der Waals surface area contributed by atoms with Gasteiger partial charge < -0.3 is 14.9 Å². The van der Waals surface area contributed by atoms with Gasteiger partial charge in [-0.2, -0.15) is 0 Å². The van der Waals surface area contributed by atoms with Crippen LogP contribution in [-0.2, 0) is 4.79 Å². The van der Waals surface area contributed by atoms with Crippen LogP contribution in [0, 0.1) is 6.92 Å². The van der Waals surface area contributed by atoms with E-state index < -0.39 is 5.97 Å². The van der Waals surface area contributed by atoms with E-state index in [4.69, 9.17) is 5.11 Å². The molecule has 0 spiro atoms. The average Bonchev–Trinajstić information content (AvgIpc) is 2.38. The first-order chi connectivity index (χ1) is 8.99. The van der Waals surface area contributed by atoms with E-state index in [2.05, 4.69) is 4.90 Å². The summed E-state index contributed by atoms with van der Waals surface area (Å²) in [7, 11) is 0. The van der Waals surface area contributed by atoms with Crippen LogP contribution in [-0.4, -0.2) is 48.1 Å². The molecule has 0 aliphatic carbocycles. The number of rotatable bonds is 2. The van der Waals surface area contributed by atoms with E-state index in [0.717, 1.165) is 37.4 Å². The fourth-order valence-corrected chi connectivity index (χ4v) is 2.41. The number of aryl methyl sites for hydroxylation is 1. The lowest BCUT2D eigenvalue weighted by molar-refractivity contribution is -0.129. The van der Waals surface area contributed by atoms with Crippen LogP contribution < -0.4 is 4.90 Å². The van der Waals surface area contributed by atoms with Crippen LogP contribution in [0.5, 0.6) is 0 Å². The normalized spacial score (nSPS) is 15.5. The number of hydrogen-bond acceptors (Lipinski definition) is 3. The van der Waals surface area contributed by atoms with Crippen molar-refractivity contribution >= 4 is 17.6 Å². The van der Waals surface area contributed by atoms with Crippen molar-refractivity contribution in [1.82, 2.24) is 4.90 Å². The summed E-state index contributed by atoms with van der Waals surface area (Å²) in [5, 5.41) is 8.95. The molecule has 0 unspecified atom stereocenters. The summed E-state index contributed by atoms with van der Waals surface area (Å²) in [5.41, 5.74) is 2.31. The number of aromatic carboxylic acids is 1. The Balaban J connectivity index is 2.11. The molecule has 0 bridgehead atoms. The quantitative estimate of drug-likeness (QED) is 0.874. The molecule has 102 valence electrons. The molecule has 1 aromatic carbocycles. The maximum atomic E-state index is 11.3. The van der Waals surface area contributed by atoms with Gasteiger partial charge >= 0.3 is 5.97 Å². The summed E-state index contributed by atoms with van der Waals surface area (Å²) in [6, 6.07) is 5.17. The van der Waals surface area contributed by atoms with Crippen LogP contribution in [0.2, 0.25) is 0 Å². The Kier molecular flexibility index (Phi) is 3.74. The fraction of sp³-hybridized carbons (Fsp3) is 0.429. The number of piperazine rings is 1. The number of amides is 1. The summed E-state index contributed by atoms with van der Waals surface area (Å²) >= 11 is 0. The predicted octanol–water partition coefficient (Wildman–Crippen LogP) is 1.36. The second-order valence-electron chi connectivity index (χ2n) is 4.80. The fourth-order valence-electron chi connectivity index (χ4n) is 2.41. The van der Waals surface area contributed by atoms with Gasteiger partial charge in [-0.25, -0.2) is 4.79 Å². The molecule has 2 rings (SSSR count). The molecule has 1 heterocycles. The van der Waals surface area contributed by atoms with Gasteiger partial charge in [0.05, 0.1) is 5.56 Å². The molecule has 1 aliphatic heterocycles. The summed E-state index contributed by atoms with van der Waals surface area (Å²) in [6.07, 6.45) is 0. The highest BCUT2D eigenvalue weighted by Crippen LogP contribution is 2.22. The zero-order chi connectivity index (χ0) is 14.0. The lowest BCUT2D eigenvalue weighted by atomic mass is 10.1. The molecule has 1 aliphatic rings. The number of anilines is 1. The minimum Gasteiger partial charge on any atom is -0.478 e. The molecule has 1 aromatic rings. The van der Waals surface area contributed by atoms with E-state index in [9.17, 15) is 9.59 Å². The van der Waals surface area contributed by atoms with E-state index in [-0.39, 0.29) is 5.91 Å². The summed E-state index contributed by atoms with van der Waals surface area (Å²) in [6.45, 7) is 6.51. The molecule has 1 saturated heterocycles. The maximum absolute atomic E-state index is 11.3. The van der Waals surface area contributed by atoms with Crippen molar-refractivity contribution in [2.45, 2.75) is 13.8 Å². The highest BCUT2D eigenvalue weighted by atomic mass is 16.4. The van der Waals surface area contributed by atoms with Crippen LogP contribution >= 0.6 is 0 Å². The molecule has 5 nitrogen and oxygen atoms in total. The minimum atomic E-state index is -0.906. The van der Waals surface area contributed by atoms with Gasteiger partial charge in [0.15, 0.2) is 0 Å². The molecular formula is C14H18N2O3. The number of carboxylic acid groups (broad SMARTS) is 1. The molecular weight excluding hydrogens is 244 g/mol. The predicted molar refractivity (Wildman–Crippen MR) is 72.6 cm³/mol. The van der Waals surface area contributed by atoms with E-state index in [1.54, 1.807) is 19.1 Å². The Morgan fingerprint density at radius 3 is 2.26 bits per heavy atom. The lowest BCUT2D eigenvalue weighted by Gasteiger charge is -2.36. The molecule has 1 fully saturated rings. The highest BCUT2D eigenvalue weighted by Gasteiger charge is 2.20. The molecule has 0 saturated carbocycles. The van der Waals surface area contributed by atoms with E-state index in [0.29, 0.717) is 5.56 Å². The Hall–Kier alpha value is -2.04. The van der Waals surface area contributed by atoms with Gasteiger partial charge in [-0.05, 0) is 30.7 Å². The third kappa shape index (κ3) is 2.86. The highest BCUT2D eigenvalue weighted by molar-refractivity contribution is 5.88. The van der Waals surface area contributed by atoms with Gasteiger partial charge in [0.25, 0.3) is 0 Å². The number of nitrogens with zero attached hydrogens (tertiary/aromatic N) is 2. The molecule has 1 N–H and O–H groups in total. The molecule has 0 atom stereocenters. The number of carboxylic acids is 1. The largest absolute Gasteiger partial charge is 0.478 e. The SMILES string of the molecule is CC(=O)N1CCN(c2ccc(C(=O)O)cc2C)CC1. The molecule has 19 heavy (non-hydrogen) atoms. The second kappa shape index (κ2) is 5.30. The topological polar surface area (TPSA) is 60.9 Å². The standard InChI is InChI=1S/C14H18N2O3/c1-10-9-12(14(18)19)3-4-13(10)16-7-5-15(6-8-16)11(2)17/h3-4,9H,5-8H2,1-2H3,(H,18,19). The number of benzene rings is 1. The van der Waals surface area contributed by atoms with Crippen molar-refractivity contribution in [3.8, 4) is 0 Å². The maximum Gasteiger partial charge on any atom is 0.335 e. The number of hydrogen-bond donors (Lipinski definition) is 1. The van der Waals surface area contributed by atoms with Gasteiger partial charge in [0.2, 0.25) is 5.91 Å². The van der Waals surface area contributed by atoms with Gasteiger partial charge in [-0.1, -0.05) is 0 Å². The van der Waals surface area contributed by atoms with E-state index >= 15 is 0 Å². The monoisotopic (exact) mass is 262 g/mol. The van der Waals surface area contributed by atoms with E-state index in [1.165, 1.54) is 0 Å². The molecule has 0 aromatic heterocycles. The third-order valence-electron chi connectivity index (χ3n) is 3.51. The first-order valence-electron chi connectivity index (χ1n) is 6.33. The van der Waals surface area contributed by atoms with Crippen molar-refractivity contribution in [3.63, 3.8) is 0 Å². The van der Waals surface area contributed by atoms with Crippen LogP contribution in [0.4, 0.5) is 5.69 Å². The minimum absolute atomic E-state index is 0.109. The summed E-state index contributed by atoms with van der Waals surface area (Å²) in [5.74, 6) is -0.798. The zero-order valence-corrected chi connectivity index (χ0v) is 11.2. The first-order valence-corrected chi connectivity index (χ1v) is 6.33. The molecule has 5 heteroatoms. The lowest BCUT2D eigenvalue weighted by Crippen LogP contribution is -2.48. The Morgan fingerprint density at radius 1 is 1.16 bits per heavy atom. The van der Waals surface area contributed by atoms with Crippen molar-refractivity contribution in [2.24, 2.45) is 0 Å². The van der Waals surface area contributed by atoms with Crippen molar-refractivity contribution in [1.29, 1.82) is 0 Å². The number of carbonyl (C=O) groups is 2.